The predicted octanol–water partition coefficient (Wildman–Crippen LogP) is 8.60. The molecule has 5 aromatic carbocycles. The van der Waals surface area contributed by atoms with E-state index in [0.717, 1.165) is 55.5 Å². The molecule has 3 heterocycles. The van der Waals surface area contributed by atoms with Crippen molar-refractivity contribution in [2.24, 2.45) is 0 Å². The van der Waals surface area contributed by atoms with Crippen LogP contribution in [0.1, 0.15) is 19.4 Å². The Kier molecular flexibility index (Phi) is 5.10. The number of aromatic nitrogens is 4. The van der Waals surface area contributed by atoms with Crippen LogP contribution in [0.15, 0.2) is 121 Å². The third kappa shape index (κ3) is 3.74. The molecule has 0 N–H and O–H groups in total. The zero-order chi connectivity index (χ0) is 27.6. The van der Waals surface area contributed by atoms with Crippen LogP contribution in [0.2, 0.25) is 0 Å². The fraction of sp³-hybridized carbons (Fsp3) is 0.0833. The van der Waals surface area contributed by atoms with Crippen LogP contribution in [-0.4, -0.2) is 19.5 Å². The van der Waals surface area contributed by atoms with Gasteiger partial charge in [0.25, 0.3) is 0 Å². The van der Waals surface area contributed by atoms with E-state index in [9.17, 15) is 0 Å². The van der Waals surface area contributed by atoms with E-state index < -0.39 is 5.60 Å². The van der Waals surface area contributed by atoms with Crippen molar-refractivity contribution >= 4 is 21.8 Å². The topological polar surface area (TPSA) is 52.8 Å². The van der Waals surface area contributed by atoms with E-state index in [4.69, 9.17) is 19.7 Å². The first-order chi connectivity index (χ1) is 20.1. The fourth-order valence-corrected chi connectivity index (χ4v) is 5.96. The fourth-order valence-electron chi connectivity index (χ4n) is 5.96. The summed E-state index contributed by atoms with van der Waals surface area (Å²) in [6, 6.07) is 41.5. The van der Waals surface area contributed by atoms with Gasteiger partial charge < -0.3 is 9.30 Å². The van der Waals surface area contributed by atoms with E-state index >= 15 is 0 Å². The Morgan fingerprint density at radius 1 is 0.561 bits per heavy atom. The summed E-state index contributed by atoms with van der Waals surface area (Å²) in [4.78, 5) is 14.9. The van der Waals surface area contributed by atoms with Crippen molar-refractivity contribution < 1.29 is 4.74 Å². The zero-order valence-electron chi connectivity index (χ0n) is 22.7. The quantitative estimate of drug-likeness (QED) is 0.230. The molecule has 1 aliphatic rings. The number of rotatable bonds is 3. The Labute approximate surface area is 237 Å². The van der Waals surface area contributed by atoms with E-state index in [1.54, 1.807) is 0 Å². The maximum atomic E-state index is 6.87. The molecule has 0 amide bonds. The van der Waals surface area contributed by atoms with Gasteiger partial charge in [0.1, 0.15) is 11.4 Å². The summed E-state index contributed by atoms with van der Waals surface area (Å²) in [5, 5.41) is 2.26. The molecule has 0 saturated heterocycles. The molecule has 7 aromatic rings. The molecule has 0 fully saturated rings. The van der Waals surface area contributed by atoms with Gasteiger partial charge in [0.15, 0.2) is 17.5 Å². The van der Waals surface area contributed by atoms with Crippen molar-refractivity contribution in [3.05, 3.63) is 127 Å². The van der Waals surface area contributed by atoms with Gasteiger partial charge in [0.05, 0.1) is 16.7 Å². The van der Waals surface area contributed by atoms with Crippen molar-refractivity contribution in [2.45, 2.75) is 19.4 Å². The lowest BCUT2D eigenvalue weighted by Crippen LogP contribution is -2.25. The number of ether oxygens (including phenoxy) is 1. The van der Waals surface area contributed by atoms with Crippen molar-refractivity contribution in [2.75, 3.05) is 0 Å². The number of benzene rings is 5. The molecule has 1 aliphatic heterocycles. The molecule has 2 aromatic heterocycles. The van der Waals surface area contributed by atoms with Crippen LogP contribution in [0.5, 0.6) is 5.75 Å². The molecule has 0 bridgehead atoms. The molecular formula is C36H26N4O. The molecule has 196 valence electrons. The summed E-state index contributed by atoms with van der Waals surface area (Å²) in [6.07, 6.45) is 0. The highest BCUT2D eigenvalue weighted by molar-refractivity contribution is 6.12. The Balaban J connectivity index is 1.44. The van der Waals surface area contributed by atoms with Crippen LogP contribution >= 0.6 is 0 Å². The Bertz CT molecular complexity index is 2040. The van der Waals surface area contributed by atoms with Crippen LogP contribution in [0, 0.1) is 0 Å². The molecule has 0 spiro atoms. The third-order valence-corrected chi connectivity index (χ3v) is 7.85. The SMILES string of the molecule is CC1(C)Oc2cc(-c3nc(-c4ccccc4)nc(-c4ccccc4)n3)cc3c4ccccc4n(c23)-c2ccccc21. The first-order valence-corrected chi connectivity index (χ1v) is 13.8. The van der Waals surface area contributed by atoms with Crippen LogP contribution in [-0.2, 0) is 5.60 Å². The Hall–Kier alpha value is -5.29. The second-order valence-electron chi connectivity index (χ2n) is 10.9. The lowest BCUT2D eigenvalue weighted by atomic mass is 9.96. The number of hydrogen-bond donors (Lipinski definition) is 0. The molecule has 8 rings (SSSR count). The summed E-state index contributed by atoms with van der Waals surface area (Å²) in [5.41, 5.74) is 6.68. The smallest absolute Gasteiger partial charge is 0.164 e. The number of fused-ring (bicyclic) bond motifs is 5. The van der Waals surface area contributed by atoms with Crippen molar-refractivity contribution in [1.29, 1.82) is 0 Å². The maximum Gasteiger partial charge on any atom is 0.164 e. The van der Waals surface area contributed by atoms with Crippen molar-refractivity contribution in [3.63, 3.8) is 0 Å². The van der Waals surface area contributed by atoms with Crippen molar-refractivity contribution in [3.8, 4) is 45.6 Å². The second kappa shape index (κ2) is 8.86. The highest BCUT2D eigenvalue weighted by Crippen LogP contribution is 2.46. The van der Waals surface area contributed by atoms with E-state index in [0.29, 0.717) is 17.5 Å². The van der Waals surface area contributed by atoms with Crippen LogP contribution < -0.4 is 4.74 Å². The lowest BCUT2D eigenvalue weighted by Gasteiger charge is -2.27. The molecule has 0 unspecified atom stereocenters. The highest BCUT2D eigenvalue weighted by Gasteiger charge is 2.33. The number of hydrogen-bond acceptors (Lipinski definition) is 4. The van der Waals surface area contributed by atoms with Gasteiger partial charge in [-0.1, -0.05) is 97.1 Å². The van der Waals surface area contributed by atoms with Gasteiger partial charge in [-0.25, -0.2) is 15.0 Å². The lowest BCUT2D eigenvalue weighted by molar-refractivity contribution is 0.112. The van der Waals surface area contributed by atoms with Gasteiger partial charge in [-0.2, -0.15) is 0 Å². The van der Waals surface area contributed by atoms with Gasteiger partial charge in [-0.3, -0.25) is 0 Å². The second-order valence-corrected chi connectivity index (χ2v) is 10.9. The van der Waals surface area contributed by atoms with Crippen LogP contribution in [0.25, 0.3) is 61.7 Å². The highest BCUT2D eigenvalue weighted by atomic mass is 16.5. The molecule has 5 nitrogen and oxygen atoms in total. The van der Waals surface area contributed by atoms with Gasteiger partial charge in [0, 0.05) is 33.0 Å². The van der Waals surface area contributed by atoms with Gasteiger partial charge in [0.2, 0.25) is 0 Å². The summed E-state index contributed by atoms with van der Waals surface area (Å²) in [5.74, 6) is 2.68. The molecule has 0 radical (unpaired) electrons. The normalized spacial score (nSPS) is 13.5. The standard InChI is InChI=1S/C36H26N4O/c1-36(2)28-18-10-12-20-30(28)40-29-19-11-9-17-26(29)27-21-25(22-31(41-36)32(27)40)35-38-33(23-13-5-3-6-14-23)37-34(39-35)24-15-7-4-8-16-24/h3-22H,1-2H3. The predicted molar refractivity (Wildman–Crippen MR) is 164 cm³/mol. The minimum Gasteiger partial charge on any atom is -0.481 e. The van der Waals surface area contributed by atoms with Crippen LogP contribution in [0.4, 0.5) is 0 Å². The van der Waals surface area contributed by atoms with E-state index in [1.165, 1.54) is 0 Å². The molecular weight excluding hydrogens is 504 g/mol. The minimum atomic E-state index is -0.550. The van der Waals surface area contributed by atoms with E-state index in [1.807, 2.05) is 60.7 Å². The third-order valence-electron chi connectivity index (χ3n) is 7.85. The maximum absolute atomic E-state index is 6.87. The van der Waals surface area contributed by atoms with Crippen molar-refractivity contribution in [1.82, 2.24) is 19.5 Å². The zero-order valence-corrected chi connectivity index (χ0v) is 22.7. The van der Waals surface area contributed by atoms with Gasteiger partial charge in [-0.05, 0) is 38.1 Å². The number of para-hydroxylation sites is 2. The molecule has 41 heavy (non-hydrogen) atoms. The van der Waals surface area contributed by atoms with Crippen LogP contribution in [0.3, 0.4) is 0 Å². The summed E-state index contributed by atoms with van der Waals surface area (Å²) < 4.78 is 9.21. The summed E-state index contributed by atoms with van der Waals surface area (Å²) >= 11 is 0. The first kappa shape index (κ1) is 23.6. The van der Waals surface area contributed by atoms with E-state index in [-0.39, 0.29) is 0 Å². The number of nitrogens with zero attached hydrogens (tertiary/aromatic N) is 4. The summed E-state index contributed by atoms with van der Waals surface area (Å²) in [6.45, 7) is 4.26. The largest absolute Gasteiger partial charge is 0.481 e. The average Bonchev–Trinajstić information content (AvgIpc) is 3.31. The molecule has 0 aliphatic carbocycles. The minimum absolute atomic E-state index is 0.550. The monoisotopic (exact) mass is 530 g/mol. The first-order valence-electron chi connectivity index (χ1n) is 13.8. The molecule has 0 saturated carbocycles. The molecule has 0 atom stereocenters. The van der Waals surface area contributed by atoms with Gasteiger partial charge in [-0.15, -0.1) is 0 Å². The summed E-state index contributed by atoms with van der Waals surface area (Å²) in [7, 11) is 0. The average molecular weight is 531 g/mol. The van der Waals surface area contributed by atoms with Gasteiger partial charge >= 0.3 is 0 Å². The molecule has 5 heteroatoms. The van der Waals surface area contributed by atoms with E-state index in [2.05, 4.69) is 79.1 Å². The Morgan fingerprint density at radius 3 is 1.80 bits per heavy atom. The Morgan fingerprint density at radius 2 is 1.12 bits per heavy atom.